The van der Waals surface area contributed by atoms with Crippen LogP contribution in [-0.4, -0.2) is 49.2 Å². The number of rotatable bonds is 6. The van der Waals surface area contributed by atoms with Crippen LogP contribution in [0.4, 0.5) is 18.9 Å². The number of hydrogen-bond donors (Lipinski definition) is 3. The first-order valence-electron chi connectivity index (χ1n) is 10.3. The van der Waals surface area contributed by atoms with E-state index in [1.165, 1.54) is 0 Å². The molecule has 2 heterocycles. The summed E-state index contributed by atoms with van der Waals surface area (Å²) in [6, 6.07) is 8.17. The highest BCUT2D eigenvalue weighted by Gasteiger charge is 2.31. The van der Waals surface area contributed by atoms with Gasteiger partial charge in [0.05, 0.1) is 17.7 Å². The van der Waals surface area contributed by atoms with Crippen LogP contribution in [0.15, 0.2) is 36.4 Å². The van der Waals surface area contributed by atoms with Crippen molar-refractivity contribution in [1.82, 2.24) is 15.5 Å². The number of ether oxygens (including phenoxy) is 2. The molecule has 2 aromatic rings. The minimum Gasteiger partial charge on any atom is -0.454 e. The summed E-state index contributed by atoms with van der Waals surface area (Å²) in [6.07, 6.45) is -3.86. The van der Waals surface area contributed by atoms with E-state index in [1.54, 1.807) is 0 Å². The number of alkyl halides is 3. The average molecular weight is 464 g/mol. The van der Waals surface area contributed by atoms with Crippen LogP contribution in [-0.2, 0) is 17.5 Å². The largest absolute Gasteiger partial charge is 0.454 e. The number of fused-ring (bicyclic) bond motifs is 1. The Hall–Kier alpha value is -3.47. The van der Waals surface area contributed by atoms with E-state index in [4.69, 9.17) is 15.2 Å². The van der Waals surface area contributed by atoms with Gasteiger partial charge in [0.2, 0.25) is 12.7 Å². The number of halogens is 3. The van der Waals surface area contributed by atoms with Crippen LogP contribution in [0.5, 0.6) is 11.5 Å². The molecule has 4 N–H and O–H groups in total. The van der Waals surface area contributed by atoms with Crippen molar-refractivity contribution in [2.45, 2.75) is 25.2 Å². The predicted molar refractivity (Wildman–Crippen MR) is 113 cm³/mol. The van der Waals surface area contributed by atoms with Gasteiger partial charge in [-0.15, -0.1) is 0 Å². The number of amides is 2. The molecule has 4 rings (SSSR count). The van der Waals surface area contributed by atoms with Crippen LogP contribution in [0.2, 0.25) is 0 Å². The molecule has 2 aliphatic heterocycles. The monoisotopic (exact) mass is 464 g/mol. The minimum atomic E-state index is -4.60. The normalized spacial score (nSPS) is 17.7. The smallest absolute Gasteiger partial charge is 0.416 e. The Morgan fingerprint density at radius 2 is 1.91 bits per heavy atom. The first kappa shape index (κ1) is 22.7. The van der Waals surface area contributed by atoms with E-state index < -0.39 is 23.6 Å². The van der Waals surface area contributed by atoms with Crippen LogP contribution >= 0.6 is 0 Å². The fourth-order valence-electron chi connectivity index (χ4n) is 3.86. The van der Waals surface area contributed by atoms with Crippen LogP contribution in [0.1, 0.15) is 27.9 Å². The Bertz CT molecular complexity index is 1060. The fraction of sp³-hybridized carbons (Fsp3) is 0.364. The molecule has 1 fully saturated rings. The number of nitrogens with two attached hydrogens (primary N) is 1. The van der Waals surface area contributed by atoms with Crippen molar-refractivity contribution in [3.63, 3.8) is 0 Å². The third-order valence-electron chi connectivity index (χ3n) is 5.52. The zero-order valence-electron chi connectivity index (χ0n) is 17.6. The number of anilines is 1. The van der Waals surface area contributed by atoms with Crippen molar-refractivity contribution in [2.24, 2.45) is 0 Å². The van der Waals surface area contributed by atoms with Crippen molar-refractivity contribution in [3.8, 4) is 11.5 Å². The molecule has 0 radical (unpaired) electrons. The van der Waals surface area contributed by atoms with Crippen molar-refractivity contribution in [2.75, 3.05) is 32.2 Å². The van der Waals surface area contributed by atoms with E-state index in [1.807, 2.05) is 18.2 Å². The zero-order chi connectivity index (χ0) is 23.6. The van der Waals surface area contributed by atoms with Crippen LogP contribution < -0.4 is 25.8 Å². The van der Waals surface area contributed by atoms with Gasteiger partial charge in [0, 0.05) is 31.4 Å². The molecule has 176 valence electrons. The van der Waals surface area contributed by atoms with Gasteiger partial charge in [-0.2, -0.15) is 13.2 Å². The van der Waals surface area contributed by atoms with Crippen LogP contribution in [0.3, 0.4) is 0 Å². The topological polar surface area (TPSA) is 106 Å². The summed E-state index contributed by atoms with van der Waals surface area (Å²) in [5, 5.41) is 5.17. The number of hydrogen-bond acceptors (Lipinski definition) is 6. The Morgan fingerprint density at radius 1 is 1.12 bits per heavy atom. The van der Waals surface area contributed by atoms with Crippen LogP contribution in [0.25, 0.3) is 0 Å². The standard InChI is InChI=1S/C22H23F3N4O4/c23-22(24,25)14-2-3-17(26)16(8-14)21(31)27-9-20(30)28-15-5-6-29(11-15)10-13-1-4-18-19(7-13)33-12-32-18/h1-4,7-8,15H,5-6,9-12,26H2,(H,27,31)(H,28,30)/t15-/m1/s1. The lowest BCUT2D eigenvalue weighted by Crippen LogP contribution is -2.43. The first-order valence-corrected chi connectivity index (χ1v) is 10.3. The average Bonchev–Trinajstić information content (AvgIpc) is 3.40. The van der Waals surface area contributed by atoms with E-state index in [2.05, 4.69) is 15.5 Å². The molecule has 2 amide bonds. The number of nitrogen functional groups attached to an aromatic ring is 1. The molecule has 0 aromatic heterocycles. The van der Waals surface area contributed by atoms with Crippen molar-refractivity contribution in [1.29, 1.82) is 0 Å². The van der Waals surface area contributed by atoms with Gasteiger partial charge in [0.1, 0.15) is 0 Å². The zero-order valence-corrected chi connectivity index (χ0v) is 17.6. The summed E-state index contributed by atoms with van der Waals surface area (Å²) < 4.78 is 49.3. The van der Waals surface area contributed by atoms with E-state index in [9.17, 15) is 22.8 Å². The Morgan fingerprint density at radius 3 is 2.70 bits per heavy atom. The van der Waals surface area contributed by atoms with Gasteiger partial charge in [0.15, 0.2) is 11.5 Å². The van der Waals surface area contributed by atoms with E-state index in [-0.39, 0.29) is 30.6 Å². The molecule has 0 saturated carbocycles. The highest BCUT2D eigenvalue weighted by molar-refractivity contribution is 6.00. The lowest BCUT2D eigenvalue weighted by Gasteiger charge is -2.17. The molecule has 2 aliphatic rings. The molecular weight excluding hydrogens is 441 g/mol. The summed E-state index contributed by atoms with van der Waals surface area (Å²) in [5.74, 6) is 0.168. The summed E-state index contributed by atoms with van der Waals surface area (Å²) >= 11 is 0. The maximum Gasteiger partial charge on any atom is 0.416 e. The molecule has 8 nitrogen and oxygen atoms in total. The summed E-state index contributed by atoms with van der Waals surface area (Å²) in [6.45, 7) is 1.95. The maximum absolute atomic E-state index is 12.9. The quantitative estimate of drug-likeness (QED) is 0.566. The van der Waals surface area contributed by atoms with Gasteiger partial charge >= 0.3 is 6.18 Å². The lowest BCUT2D eigenvalue weighted by molar-refractivity contribution is -0.137. The summed E-state index contributed by atoms with van der Waals surface area (Å²) in [4.78, 5) is 26.7. The third-order valence-corrected chi connectivity index (χ3v) is 5.52. The molecule has 0 aliphatic carbocycles. The molecule has 11 heteroatoms. The highest BCUT2D eigenvalue weighted by atomic mass is 19.4. The fourth-order valence-corrected chi connectivity index (χ4v) is 3.86. The SMILES string of the molecule is Nc1ccc(C(F)(F)F)cc1C(=O)NCC(=O)N[C@@H]1CCN(Cc2ccc3c(c2)OCO3)C1. The Balaban J connectivity index is 1.25. The van der Waals surface area contributed by atoms with Gasteiger partial charge < -0.3 is 25.8 Å². The molecular formula is C22H23F3N4O4. The molecule has 2 aromatic carbocycles. The van der Waals surface area contributed by atoms with E-state index in [0.717, 1.165) is 36.4 Å². The van der Waals surface area contributed by atoms with E-state index in [0.29, 0.717) is 24.9 Å². The van der Waals surface area contributed by atoms with Crippen molar-refractivity contribution >= 4 is 17.5 Å². The second kappa shape index (κ2) is 9.18. The second-order valence-corrected chi connectivity index (χ2v) is 7.96. The molecule has 0 bridgehead atoms. The molecule has 1 saturated heterocycles. The van der Waals surface area contributed by atoms with Gasteiger partial charge in [-0.25, -0.2) is 0 Å². The molecule has 1 atom stereocenters. The summed E-state index contributed by atoms with van der Waals surface area (Å²) in [7, 11) is 0. The van der Waals surface area contributed by atoms with Crippen molar-refractivity contribution < 1.29 is 32.2 Å². The number of benzene rings is 2. The molecule has 0 spiro atoms. The summed E-state index contributed by atoms with van der Waals surface area (Å²) in [5.41, 5.74) is 5.29. The molecule has 33 heavy (non-hydrogen) atoms. The second-order valence-electron chi connectivity index (χ2n) is 7.96. The van der Waals surface area contributed by atoms with Gasteiger partial charge in [0.25, 0.3) is 5.91 Å². The maximum atomic E-state index is 12.9. The van der Waals surface area contributed by atoms with Crippen molar-refractivity contribution in [3.05, 3.63) is 53.1 Å². The Kier molecular flexibility index (Phi) is 6.32. The van der Waals surface area contributed by atoms with Gasteiger partial charge in [-0.3, -0.25) is 14.5 Å². The van der Waals surface area contributed by atoms with E-state index >= 15 is 0 Å². The number of nitrogens with one attached hydrogen (secondary N) is 2. The third kappa shape index (κ3) is 5.48. The molecule has 0 unspecified atom stereocenters. The van der Waals surface area contributed by atoms with Gasteiger partial charge in [-0.05, 0) is 42.3 Å². The number of nitrogens with zero attached hydrogens (tertiary/aromatic N) is 1. The highest BCUT2D eigenvalue weighted by Crippen LogP contribution is 2.33. The first-order chi connectivity index (χ1) is 15.7. The number of likely N-dealkylation sites (tertiary alicyclic amines) is 1. The minimum absolute atomic E-state index is 0.0953. The van der Waals surface area contributed by atoms with Gasteiger partial charge in [-0.1, -0.05) is 6.07 Å². The Labute approximate surface area is 187 Å². The van der Waals surface area contributed by atoms with Crippen LogP contribution in [0, 0.1) is 0 Å². The lowest BCUT2D eigenvalue weighted by atomic mass is 10.1. The number of carbonyl (C=O) groups is 2. The number of carbonyl (C=O) groups excluding carboxylic acids is 2. The predicted octanol–water partition coefficient (Wildman–Crippen LogP) is 2.14.